The van der Waals surface area contributed by atoms with Crippen molar-refractivity contribution in [1.82, 2.24) is 4.98 Å². The van der Waals surface area contributed by atoms with E-state index >= 15 is 0 Å². The van der Waals surface area contributed by atoms with Gasteiger partial charge < -0.3 is 0 Å². The molecule has 1 nitrogen and oxygen atoms in total. The molecule has 1 heterocycles. The molecule has 0 N–H and O–H groups in total. The lowest BCUT2D eigenvalue weighted by Gasteiger charge is -2.18. The first-order valence-electron chi connectivity index (χ1n) is 13.9. The van der Waals surface area contributed by atoms with Crippen molar-refractivity contribution in [1.29, 1.82) is 0 Å². The van der Waals surface area contributed by atoms with Crippen molar-refractivity contribution < 1.29 is 8.78 Å². The summed E-state index contributed by atoms with van der Waals surface area (Å²) in [5, 5.41) is 7.53. The van der Waals surface area contributed by atoms with Crippen LogP contribution in [0.1, 0.15) is 0 Å². The van der Waals surface area contributed by atoms with Crippen LogP contribution in [-0.4, -0.2) is 4.98 Å². The van der Waals surface area contributed by atoms with Crippen LogP contribution in [0.2, 0.25) is 0 Å². The van der Waals surface area contributed by atoms with Crippen molar-refractivity contribution in [2.75, 3.05) is 0 Å². The second-order valence-corrected chi connectivity index (χ2v) is 10.6. The monoisotopic (exact) mass is 543 g/mol. The van der Waals surface area contributed by atoms with E-state index in [1.54, 1.807) is 0 Å². The van der Waals surface area contributed by atoms with Gasteiger partial charge in [-0.25, -0.2) is 13.8 Å². The van der Waals surface area contributed by atoms with Crippen molar-refractivity contribution in [3.05, 3.63) is 151 Å². The zero-order chi connectivity index (χ0) is 28.2. The third kappa shape index (κ3) is 3.93. The van der Waals surface area contributed by atoms with E-state index in [9.17, 15) is 8.78 Å². The van der Waals surface area contributed by atoms with Crippen molar-refractivity contribution in [2.45, 2.75) is 0 Å². The van der Waals surface area contributed by atoms with Gasteiger partial charge in [-0.1, -0.05) is 103 Å². The molecule has 8 aromatic rings. The summed E-state index contributed by atoms with van der Waals surface area (Å²) in [6.07, 6.45) is 0. The molecule has 0 aliphatic carbocycles. The smallest absolute Gasteiger partial charge is 0.123 e. The standard InChI is InChI=1S/C39H23F2N/c40-29-17-11-25(12-18-29)37-32-7-3-4-8-33(32)38(26-13-19-30(41)20-14-26)35-23-28(15-21-34(35)37)36-22-16-27-10-9-24-5-1-2-6-31(24)39(27)42-36/h1-23H. The van der Waals surface area contributed by atoms with Gasteiger partial charge in [0.25, 0.3) is 0 Å². The summed E-state index contributed by atoms with van der Waals surface area (Å²) in [5.74, 6) is -0.545. The fraction of sp³-hybridized carbons (Fsp3) is 0. The summed E-state index contributed by atoms with van der Waals surface area (Å²) in [4.78, 5) is 5.16. The molecule has 0 aliphatic heterocycles. The van der Waals surface area contributed by atoms with Crippen molar-refractivity contribution in [2.24, 2.45) is 0 Å². The largest absolute Gasteiger partial charge is 0.247 e. The first-order valence-corrected chi connectivity index (χ1v) is 13.9. The normalized spacial score (nSPS) is 11.6. The summed E-state index contributed by atoms with van der Waals surface area (Å²) in [6.45, 7) is 0. The molecule has 1 aromatic heterocycles. The van der Waals surface area contributed by atoms with E-state index in [1.807, 2.05) is 48.5 Å². The molecule has 198 valence electrons. The van der Waals surface area contributed by atoms with Crippen LogP contribution in [0.3, 0.4) is 0 Å². The number of nitrogens with zero attached hydrogens (tertiary/aromatic N) is 1. The summed E-state index contributed by atoms with van der Waals surface area (Å²) in [6, 6.07) is 44.8. The Morgan fingerprint density at radius 1 is 0.381 bits per heavy atom. The van der Waals surface area contributed by atoms with Gasteiger partial charge in [-0.05, 0) is 85.6 Å². The Hall–Kier alpha value is -5.41. The number of hydrogen-bond acceptors (Lipinski definition) is 1. The number of benzene rings is 7. The number of rotatable bonds is 3. The molecule has 7 aromatic carbocycles. The Bertz CT molecular complexity index is 2300. The Kier molecular flexibility index (Phi) is 5.58. The van der Waals surface area contributed by atoms with Crippen molar-refractivity contribution in [3.8, 4) is 33.5 Å². The lowest BCUT2D eigenvalue weighted by Crippen LogP contribution is -1.93. The summed E-state index contributed by atoms with van der Waals surface area (Å²) in [5.41, 5.74) is 6.76. The van der Waals surface area contributed by atoms with E-state index in [0.717, 1.165) is 76.7 Å². The maximum Gasteiger partial charge on any atom is 0.123 e. The average Bonchev–Trinajstić information content (AvgIpc) is 3.04. The molecule has 3 heteroatoms. The van der Waals surface area contributed by atoms with Crippen LogP contribution in [0.15, 0.2) is 140 Å². The van der Waals surface area contributed by atoms with E-state index in [1.165, 1.54) is 24.3 Å². The van der Waals surface area contributed by atoms with Crippen LogP contribution >= 0.6 is 0 Å². The van der Waals surface area contributed by atoms with Crippen molar-refractivity contribution >= 4 is 43.2 Å². The van der Waals surface area contributed by atoms with E-state index in [0.29, 0.717) is 0 Å². The highest BCUT2D eigenvalue weighted by molar-refractivity contribution is 6.22. The Morgan fingerprint density at radius 3 is 1.55 bits per heavy atom. The van der Waals surface area contributed by atoms with Gasteiger partial charge in [-0.15, -0.1) is 0 Å². The second kappa shape index (κ2) is 9.60. The molecule has 0 saturated carbocycles. The van der Waals surface area contributed by atoms with Crippen LogP contribution in [0.4, 0.5) is 8.78 Å². The summed E-state index contributed by atoms with van der Waals surface area (Å²) >= 11 is 0. The first kappa shape index (κ1) is 24.4. The first-order chi connectivity index (χ1) is 20.6. The molecule has 0 bridgehead atoms. The molecule has 0 radical (unpaired) electrons. The van der Waals surface area contributed by atoms with Gasteiger partial charge in [0, 0.05) is 16.3 Å². The third-order valence-corrected chi connectivity index (χ3v) is 8.17. The molecule has 0 spiro atoms. The highest BCUT2D eigenvalue weighted by Gasteiger charge is 2.18. The highest BCUT2D eigenvalue weighted by atomic mass is 19.1. The molecular formula is C39H23F2N. The molecule has 0 amide bonds. The minimum absolute atomic E-state index is 0.271. The topological polar surface area (TPSA) is 12.9 Å². The predicted molar refractivity (Wildman–Crippen MR) is 170 cm³/mol. The Morgan fingerprint density at radius 2 is 0.881 bits per heavy atom. The molecule has 0 saturated heterocycles. The molecular weight excluding hydrogens is 520 g/mol. The molecule has 0 aliphatic rings. The van der Waals surface area contributed by atoms with Gasteiger partial charge in [0.2, 0.25) is 0 Å². The average molecular weight is 544 g/mol. The van der Waals surface area contributed by atoms with Crippen LogP contribution in [0.25, 0.3) is 76.7 Å². The van der Waals surface area contributed by atoms with Gasteiger partial charge >= 0.3 is 0 Å². The maximum atomic E-state index is 14.0. The fourth-order valence-electron chi connectivity index (χ4n) is 6.21. The maximum absolute atomic E-state index is 14.0. The zero-order valence-electron chi connectivity index (χ0n) is 22.5. The predicted octanol–water partition coefficient (Wildman–Crippen LogP) is 11.0. The summed E-state index contributed by atoms with van der Waals surface area (Å²) < 4.78 is 28.0. The molecule has 0 atom stereocenters. The number of hydrogen-bond donors (Lipinski definition) is 0. The zero-order valence-corrected chi connectivity index (χ0v) is 22.5. The van der Waals surface area contributed by atoms with Gasteiger partial charge in [0.05, 0.1) is 11.2 Å². The van der Waals surface area contributed by atoms with E-state index in [-0.39, 0.29) is 11.6 Å². The Balaban J connectivity index is 1.46. The molecule has 0 fully saturated rings. The van der Waals surface area contributed by atoms with Crippen LogP contribution in [0.5, 0.6) is 0 Å². The van der Waals surface area contributed by atoms with E-state index < -0.39 is 0 Å². The highest BCUT2D eigenvalue weighted by Crippen LogP contribution is 2.44. The lowest BCUT2D eigenvalue weighted by molar-refractivity contribution is 0.627. The van der Waals surface area contributed by atoms with Crippen LogP contribution < -0.4 is 0 Å². The van der Waals surface area contributed by atoms with E-state index in [2.05, 4.69) is 66.7 Å². The molecule has 0 unspecified atom stereocenters. The quantitative estimate of drug-likeness (QED) is 0.160. The fourth-order valence-corrected chi connectivity index (χ4v) is 6.21. The lowest BCUT2D eigenvalue weighted by atomic mass is 9.85. The number of halogens is 2. The van der Waals surface area contributed by atoms with E-state index in [4.69, 9.17) is 4.98 Å². The minimum atomic E-state index is -0.274. The van der Waals surface area contributed by atoms with Crippen LogP contribution in [0, 0.1) is 11.6 Å². The molecule has 42 heavy (non-hydrogen) atoms. The van der Waals surface area contributed by atoms with Crippen LogP contribution in [-0.2, 0) is 0 Å². The number of aromatic nitrogens is 1. The van der Waals surface area contributed by atoms with Gasteiger partial charge in [-0.2, -0.15) is 0 Å². The Labute approximate surface area is 241 Å². The third-order valence-electron chi connectivity index (χ3n) is 8.17. The summed E-state index contributed by atoms with van der Waals surface area (Å²) in [7, 11) is 0. The van der Waals surface area contributed by atoms with Gasteiger partial charge in [-0.3, -0.25) is 0 Å². The minimum Gasteiger partial charge on any atom is -0.247 e. The molecule has 8 rings (SSSR count). The number of fused-ring (bicyclic) bond motifs is 5. The second-order valence-electron chi connectivity index (χ2n) is 10.6. The van der Waals surface area contributed by atoms with Gasteiger partial charge in [0.15, 0.2) is 0 Å². The van der Waals surface area contributed by atoms with Gasteiger partial charge in [0.1, 0.15) is 11.6 Å². The number of pyridine rings is 1. The van der Waals surface area contributed by atoms with Crippen molar-refractivity contribution in [3.63, 3.8) is 0 Å². The SMILES string of the molecule is Fc1ccc(-c2c3ccccc3c(-c3ccc(F)cc3)c3cc(-c4ccc5ccc6ccccc6c5n4)ccc23)cc1.